The molecule has 6 N–H and O–H groups in total. The van der Waals surface area contributed by atoms with E-state index in [4.69, 9.17) is 16.3 Å². The predicted molar refractivity (Wildman–Crippen MR) is 67.1 cm³/mol. The SMILES string of the molecule is COCC(C)NC(=NCCCCC(N)=O)NN. The number of rotatable bonds is 8. The normalized spacial score (nSPS) is 13.2. The molecule has 0 fully saturated rings. The van der Waals surface area contributed by atoms with Gasteiger partial charge in [-0.25, -0.2) is 5.84 Å². The molecule has 0 aromatic heterocycles. The average Bonchev–Trinajstić information content (AvgIpc) is 2.27. The van der Waals surface area contributed by atoms with Gasteiger partial charge in [0.2, 0.25) is 11.9 Å². The van der Waals surface area contributed by atoms with Crippen LogP contribution >= 0.6 is 0 Å². The molecule has 0 saturated heterocycles. The maximum Gasteiger partial charge on any atom is 0.217 e. The van der Waals surface area contributed by atoms with Crippen molar-refractivity contribution < 1.29 is 9.53 Å². The van der Waals surface area contributed by atoms with E-state index in [1.165, 1.54) is 0 Å². The number of hydrazine groups is 1. The van der Waals surface area contributed by atoms with Gasteiger partial charge < -0.3 is 15.8 Å². The van der Waals surface area contributed by atoms with Crippen molar-refractivity contribution in [1.82, 2.24) is 10.7 Å². The van der Waals surface area contributed by atoms with E-state index in [0.29, 0.717) is 25.5 Å². The number of amides is 1. The summed E-state index contributed by atoms with van der Waals surface area (Å²) in [7, 11) is 1.63. The first-order valence-electron chi connectivity index (χ1n) is 5.65. The molecule has 0 saturated carbocycles. The molecule has 0 rings (SSSR count). The molecule has 7 nitrogen and oxygen atoms in total. The smallest absolute Gasteiger partial charge is 0.217 e. The molecular formula is C10H23N5O2. The van der Waals surface area contributed by atoms with Gasteiger partial charge in [0.25, 0.3) is 0 Å². The molecule has 0 aliphatic heterocycles. The summed E-state index contributed by atoms with van der Waals surface area (Å²) < 4.78 is 4.98. The Morgan fingerprint density at radius 2 is 2.18 bits per heavy atom. The number of nitrogens with zero attached hydrogens (tertiary/aromatic N) is 1. The number of carbonyl (C=O) groups excluding carboxylic acids is 1. The maximum atomic E-state index is 10.5. The van der Waals surface area contributed by atoms with Crippen LogP contribution in [0.5, 0.6) is 0 Å². The van der Waals surface area contributed by atoms with Crippen LogP contribution in [0.3, 0.4) is 0 Å². The van der Waals surface area contributed by atoms with E-state index in [9.17, 15) is 4.79 Å². The molecule has 0 aliphatic rings. The Kier molecular flexibility index (Phi) is 9.08. The van der Waals surface area contributed by atoms with Gasteiger partial charge in [-0.1, -0.05) is 0 Å². The highest BCUT2D eigenvalue weighted by atomic mass is 16.5. The molecule has 1 atom stereocenters. The number of hydrogen-bond donors (Lipinski definition) is 4. The molecule has 0 aliphatic carbocycles. The summed E-state index contributed by atoms with van der Waals surface area (Å²) >= 11 is 0. The zero-order valence-corrected chi connectivity index (χ0v) is 10.5. The van der Waals surface area contributed by atoms with Gasteiger partial charge in [-0.2, -0.15) is 0 Å². The van der Waals surface area contributed by atoms with E-state index in [1.54, 1.807) is 7.11 Å². The summed E-state index contributed by atoms with van der Waals surface area (Å²) in [5, 5.41) is 3.06. The molecule has 0 spiro atoms. The third-order valence-electron chi connectivity index (χ3n) is 2.04. The highest BCUT2D eigenvalue weighted by molar-refractivity contribution is 5.79. The summed E-state index contributed by atoms with van der Waals surface area (Å²) in [6.45, 7) is 3.13. The minimum Gasteiger partial charge on any atom is -0.383 e. The number of primary amides is 1. The minimum absolute atomic E-state index is 0.125. The van der Waals surface area contributed by atoms with Gasteiger partial charge in [-0.15, -0.1) is 0 Å². The lowest BCUT2D eigenvalue weighted by atomic mass is 10.2. The number of unbranched alkanes of at least 4 members (excludes halogenated alkanes) is 1. The number of methoxy groups -OCH3 is 1. The number of hydrogen-bond acceptors (Lipinski definition) is 4. The van der Waals surface area contributed by atoms with Gasteiger partial charge in [0.15, 0.2) is 0 Å². The van der Waals surface area contributed by atoms with Crippen LogP contribution in [0.15, 0.2) is 4.99 Å². The molecule has 1 amide bonds. The second-order valence-corrected chi connectivity index (χ2v) is 3.80. The largest absolute Gasteiger partial charge is 0.383 e. The lowest BCUT2D eigenvalue weighted by molar-refractivity contribution is -0.118. The minimum atomic E-state index is -0.280. The topological polar surface area (TPSA) is 115 Å². The Labute approximate surface area is 102 Å². The second-order valence-electron chi connectivity index (χ2n) is 3.80. The standard InChI is InChI=1S/C10H23N5O2/c1-8(7-17-2)14-10(15-12)13-6-4-3-5-9(11)16/h8H,3-7,12H2,1-2H3,(H2,11,16)(H2,13,14,15). The predicted octanol–water partition coefficient (Wildman–Crippen LogP) is -0.914. The van der Waals surface area contributed by atoms with Crippen LogP contribution in [-0.4, -0.2) is 38.2 Å². The molecule has 100 valence electrons. The second kappa shape index (κ2) is 9.86. The van der Waals surface area contributed by atoms with E-state index in [0.717, 1.165) is 12.8 Å². The fourth-order valence-electron chi connectivity index (χ4n) is 1.26. The molecule has 0 bridgehead atoms. The van der Waals surface area contributed by atoms with Crippen molar-refractivity contribution in [1.29, 1.82) is 0 Å². The number of nitrogens with one attached hydrogen (secondary N) is 2. The van der Waals surface area contributed by atoms with Crippen LogP contribution < -0.4 is 22.3 Å². The number of carbonyl (C=O) groups is 1. The third-order valence-corrected chi connectivity index (χ3v) is 2.04. The molecule has 0 aromatic carbocycles. The molecule has 0 heterocycles. The summed E-state index contributed by atoms with van der Waals surface area (Å²) in [6.07, 6.45) is 1.94. The van der Waals surface area contributed by atoms with Gasteiger partial charge in [0.1, 0.15) is 0 Å². The van der Waals surface area contributed by atoms with Gasteiger partial charge in [-0.3, -0.25) is 15.2 Å². The van der Waals surface area contributed by atoms with Crippen LogP contribution in [0.2, 0.25) is 0 Å². The number of nitrogens with two attached hydrogens (primary N) is 2. The van der Waals surface area contributed by atoms with Crippen molar-refractivity contribution in [2.24, 2.45) is 16.6 Å². The monoisotopic (exact) mass is 245 g/mol. The summed E-state index contributed by atoms with van der Waals surface area (Å²) in [4.78, 5) is 14.7. The number of aliphatic imine (C=N–C) groups is 1. The van der Waals surface area contributed by atoms with Crippen LogP contribution in [0.1, 0.15) is 26.2 Å². The maximum absolute atomic E-state index is 10.5. The van der Waals surface area contributed by atoms with Crippen molar-refractivity contribution in [3.8, 4) is 0 Å². The van der Waals surface area contributed by atoms with E-state index in [2.05, 4.69) is 15.7 Å². The zero-order chi connectivity index (χ0) is 13.1. The number of guanidine groups is 1. The average molecular weight is 245 g/mol. The Morgan fingerprint density at radius 1 is 1.47 bits per heavy atom. The first-order valence-corrected chi connectivity index (χ1v) is 5.65. The van der Waals surface area contributed by atoms with Crippen LogP contribution in [0.25, 0.3) is 0 Å². The lowest BCUT2D eigenvalue weighted by Crippen LogP contribution is -2.46. The van der Waals surface area contributed by atoms with Crippen molar-refractivity contribution in [2.75, 3.05) is 20.3 Å². The molecule has 0 aromatic rings. The fraction of sp³-hybridized carbons (Fsp3) is 0.800. The Bertz CT molecular complexity index is 245. The van der Waals surface area contributed by atoms with Gasteiger partial charge in [-0.05, 0) is 19.8 Å². The van der Waals surface area contributed by atoms with Gasteiger partial charge in [0, 0.05) is 26.1 Å². The van der Waals surface area contributed by atoms with Crippen LogP contribution in [-0.2, 0) is 9.53 Å². The quantitative estimate of drug-likeness (QED) is 0.145. The Hall–Kier alpha value is -1.34. The molecule has 0 radical (unpaired) electrons. The zero-order valence-electron chi connectivity index (χ0n) is 10.5. The molecule has 17 heavy (non-hydrogen) atoms. The van der Waals surface area contributed by atoms with Crippen LogP contribution in [0.4, 0.5) is 0 Å². The highest BCUT2D eigenvalue weighted by Gasteiger charge is 2.03. The van der Waals surface area contributed by atoms with E-state index >= 15 is 0 Å². The summed E-state index contributed by atoms with van der Waals surface area (Å²) in [5.74, 6) is 5.56. The summed E-state index contributed by atoms with van der Waals surface area (Å²) in [6, 6.07) is 0.125. The Balaban J connectivity index is 3.80. The highest BCUT2D eigenvalue weighted by Crippen LogP contribution is 1.94. The van der Waals surface area contributed by atoms with Crippen molar-refractivity contribution in [3.05, 3.63) is 0 Å². The molecule has 7 heteroatoms. The van der Waals surface area contributed by atoms with Crippen molar-refractivity contribution in [3.63, 3.8) is 0 Å². The van der Waals surface area contributed by atoms with Gasteiger partial charge >= 0.3 is 0 Å². The number of ether oxygens (including phenoxy) is 1. The summed E-state index contributed by atoms with van der Waals surface area (Å²) in [5.41, 5.74) is 7.51. The fourth-order valence-corrected chi connectivity index (χ4v) is 1.26. The lowest BCUT2D eigenvalue weighted by Gasteiger charge is -2.15. The van der Waals surface area contributed by atoms with Crippen molar-refractivity contribution >= 4 is 11.9 Å². The first-order chi connectivity index (χ1) is 8.10. The Morgan fingerprint density at radius 3 is 2.71 bits per heavy atom. The third kappa shape index (κ3) is 9.58. The van der Waals surface area contributed by atoms with Gasteiger partial charge in [0.05, 0.1) is 6.61 Å². The van der Waals surface area contributed by atoms with E-state index in [1.807, 2.05) is 6.92 Å². The van der Waals surface area contributed by atoms with E-state index < -0.39 is 0 Å². The molecular weight excluding hydrogens is 222 g/mol. The van der Waals surface area contributed by atoms with E-state index in [-0.39, 0.29) is 11.9 Å². The van der Waals surface area contributed by atoms with Crippen LogP contribution in [0, 0.1) is 0 Å². The van der Waals surface area contributed by atoms with Crippen molar-refractivity contribution in [2.45, 2.75) is 32.2 Å². The first kappa shape index (κ1) is 15.7. The molecule has 1 unspecified atom stereocenters.